The van der Waals surface area contributed by atoms with Gasteiger partial charge in [-0.2, -0.15) is 11.8 Å². The van der Waals surface area contributed by atoms with Gasteiger partial charge < -0.3 is 14.6 Å². The Balaban J connectivity index is 2.64. The number of aryl methyl sites for hydroxylation is 1. The molecule has 0 radical (unpaired) electrons. The van der Waals surface area contributed by atoms with Gasteiger partial charge in [0.25, 0.3) is 0 Å². The molecule has 0 spiro atoms. The van der Waals surface area contributed by atoms with Crippen LogP contribution in [-0.2, 0) is 4.74 Å². The van der Waals surface area contributed by atoms with E-state index in [0.29, 0.717) is 18.6 Å². The molecule has 4 nitrogen and oxygen atoms in total. The van der Waals surface area contributed by atoms with E-state index in [2.05, 4.69) is 41.2 Å². The normalized spacial score (nSPS) is 14.5. The first kappa shape index (κ1) is 15.4. The van der Waals surface area contributed by atoms with Crippen molar-refractivity contribution in [1.82, 2.24) is 9.55 Å². The third-order valence-electron chi connectivity index (χ3n) is 2.80. The molecule has 0 aliphatic rings. The van der Waals surface area contributed by atoms with Crippen molar-refractivity contribution >= 4 is 17.7 Å². The lowest BCUT2D eigenvalue weighted by Crippen LogP contribution is -2.19. The number of rotatable bonds is 8. The summed E-state index contributed by atoms with van der Waals surface area (Å²) < 4.78 is 7.36. The highest BCUT2D eigenvalue weighted by molar-refractivity contribution is 7.98. The zero-order valence-electron chi connectivity index (χ0n) is 12.1. The molecule has 0 aromatic carbocycles. The number of anilines is 1. The molecule has 2 atom stereocenters. The summed E-state index contributed by atoms with van der Waals surface area (Å²) >= 11 is 1.88. The van der Waals surface area contributed by atoms with Gasteiger partial charge in [-0.25, -0.2) is 4.98 Å². The Kier molecular flexibility index (Phi) is 6.57. The smallest absolute Gasteiger partial charge is 0.203 e. The predicted molar refractivity (Wildman–Crippen MR) is 79.6 cm³/mol. The van der Waals surface area contributed by atoms with E-state index in [1.807, 2.05) is 18.7 Å². The molecule has 0 aliphatic carbocycles. The molecule has 1 rings (SSSR count). The Morgan fingerprint density at radius 3 is 2.83 bits per heavy atom. The van der Waals surface area contributed by atoms with Gasteiger partial charge in [-0.3, -0.25) is 0 Å². The van der Waals surface area contributed by atoms with Crippen molar-refractivity contribution in [2.75, 3.05) is 37.6 Å². The quantitative estimate of drug-likeness (QED) is 0.789. The molecule has 1 heterocycles. The van der Waals surface area contributed by atoms with Crippen LogP contribution in [0.1, 0.15) is 25.6 Å². The fourth-order valence-electron chi connectivity index (χ4n) is 1.91. The topological polar surface area (TPSA) is 39.1 Å². The zero-order chi connectivity index (χ0) is 13.5. The SMILES string of the molecule is COCC(C)n1cc(C)nc1NCC(C)CSC. The van der Waals surface area contributed by atoms with Gasteiger partial charge in [0.15, 0.2) is 0 Å². The zero-order valence-corrected chi connectivity index (χ0v) is 12.9. The number of hydrogen-bond acceptors (Lipinski definition) is 4. The largest absolute Gasteiger partial charge is 0.383 e. The first-order valence-electron chi connectivity index (χ1n) is 6.35. The molecule has 1 N–H and O–H groups in total. The second kappa shape index (κ2) is 7.69. The van der Waals surface area contributed by atoms with Crippen LogP contribution >= 0.6 is 11.8 Å². The lowest BCUT2D eigenvalue weighted by molar-refractivity contribution is 0.163. The van der Waals surface area contributed by atoms with Crippen molar-refractivity contribution in [2.45, 2.75) is 26.8 Å². The number of aromatic nitrogens is 2. The Morgan fingerprint density at radius 1 is 1.50 bits per heavy atom. The standard InChI is InChI=1S/C13H25N3OS/c1-10(9-18-5)6-14-13-15-11(2)7-16(13)12(3)8-17-4/h7,10,12H,6,8-9H2,1-5H3,(H,14,15). The first-order valence-corrected chi connectivity index (χ1v) is 7.75. The number of ether oxygens (including phenoxy) is 1. The lowest BCUT2D eigenvalue weighted by Gasteiger charge is -2.17. The highest BCUT2D eigenvalue weighted by atomic mass is 32.2. The molecule has 0 fully saturated rings. The molecular formula is C13H25N3OS. The number of nitrogens with zero attached hydrogens (tertiary/aromatic N) is 2. The summed E-state index contributed by atoms with van der Waals surface area (Å²) in [6.07, 6.45) is 4.22. The summed E-state index contributed by atoms with van der Waals surface area (Å²) in [5.41, 5.74) is 1.04. The van der Waals surface area contributed by atoms with E-state index in [0.717, 1.165) is 18.2 Å². The van der Waals surface area contributed by atoms with Crippen molar-refractivity contribution in [3.63, 3.8) is 0 Å². The molecule has 5 heteroatoms. The van der Waals surface area contributed by atoms with Gasteiger partial charge in [0.1, 0.15) is 0 Å². The minimum Gasteiger partial charge on any atom is -0.383 e. The monoisotopic (exact) mass is 271 g/mol. The van der Waals surface area contributed by atoms with E-state index in [4.69, 9.17) is 4.74 Å². The third kappa shape index (κ3) is 4.53. The minimum absolute atomic E-state index is 0.301. The van der Waals surface area contributed by atoms with Crippen LogP contribution < -0.4 is 5.32 Å². The summed E-state index contributed by atoms with van der Waals surface area (Å²) in [7, 11) is 1.73. The highest BCUT2D eigenvalue weighted by Gasteiger charge is 2.12. The fourth-order valence-corrected chi connectivity index (χ4v) is 2.60. The molecule has 0 saturated carbocycles. The van der Waals surface area contributed by atoms with E-state index in [1.54, 1.807) is 7.11 Å². The van der Waals surface area contributed by atoms with Crippen molar-refractivity contribution in [3.05, 3.63) is 11.9 Å². The average Bonchev–Trinajstić information content (AvgIpc) is 2.69. The van der Waals surface area contributed by atoms with Gasteiger partial charge in [-0.05, 0) is 31.8 Å². The van der Waals surface area contributed by atoms with E-state index in [1.165, 1.54) is 5.75 Å². The molecule has 0 saturated heterocycles. The average molecular weight is 271 g/mol. The minimum atomic E-state index is 0.301. The van der Waals surface area contributed by atoms with Crippen LogP contribution in [0, 0.1) is 12.8 Å². The Labute approximate surface area is 115 Å². The predicted octanol–water partition coefficient (Wildman–Crippen LogP) is 2.81. The maximum atomic E-state index is 5.21. The Bertz CT molecular complexity index is 354. The van der Waals surface area contributed by atoms with Crippen molar-refractivity contribution in [2.24, 2.45) is 5.92 Å². The van der Waals surface area contributed by atoms with Crippen LogP contribution in [0.4, 0.5) is 5.95 Å². The number of nitrogens with one attached hydrogen (secondary N) is 1. The van der Waals surface area contributed by atoms with Gasteiger partial charge in [-0.15, -0.1) is 0 Å². The fraction of sp³-hybridized carbons (Fsp3) is 0.769. The van der Waals surface area contributed by atoms with Crippen LogP contribution in [0.25, 0.3) is 0 Å². The molecule has 104 valence electrons. The second-order valence-electron chi connectivity index (χ2n) is 4.86. The van der Waals surface area contributed by atoms with E-state index >= 15 is 0 Å². The van der Waals surface area contributed by atoms with E-state index < -0.39 is 0 Å². The molecule has 0 aliphatic heterocycles. The van der Waals surface area contributed by atoms with Crippen LogP contribution in [-0.4, -0.2) is 41.8 Å². The maximum Gasteiger partial charge on any atom is 0.203 e. The summed E-state index contributed by atoms with van der Waals surface area (Å²) in [4.78, 5) is 4.54. The Hall–Kier alpha value is -0.680. The molecule has 1 aromatic heterocycles. The molecular weight excluding hydrogens is 246 g/mol. The number of methoxy groups -OCH3 is 1. The number of thioether (sulfide) groups is 1. The van der Waals surface area contributed by atoms with Gasteiger partial charge in [0, 0.05) is 19.9 Å². The summed E-state index contributed by atoms with van der Waals surface area (Å²) in [5.74, 6) is 2.76. The number of hydrogen-bond donors (Lipinski definition) is 1. The first-order chi connectivity index (χ1) is 8.58. The van der Waals surface area contributed by atoms with Crippen LogP contribution in [0.2, 0.25) is 0 Å². The van der Waals surface area contributed by atoms with Gasteiger partial charge in [0.05, 0.1) is 18.3 Å². The highest BCUT2D eigenvalue weighted by Crippen LogP contribution is 2.17. The molecule has 0 bridgehead atoms. The summed E-state index contributed by atoms with van der Waals surface area (Å²) in [5, 5.41) is 3.44. The van der Waals surface area contributed by atoms with Gasteiger partial charge in [0.2, 0.25) is 5.95 Å². The Morgan fingerprint density at radius 2 is 2.22 bits per heavy atom. The lowest BCUT2D eigenvalue weighted by atomic mass is 10.2. The molecule has 18 heavy (non-hydrogen) atoms. The van der Waals surface area contributed by atoms with E-state index in [-0.39, 0.29) is 0 Å². The van der Waals surface area contributed by atoms with Crippen LogP contribution in [0.5, 0.6) is 0 Å². The summed E-state index contributed by atoms with van der Waals surface area (Å²) in [6, 6.07) is 0.301. The molecule has 2 unspecified atom stereocenters. The van der Waals surface area contributed by atoms with Crippen molar-refractivity contribution in [3.8, 4) is 0 Å². The van der Waals surface area contributed by atoms with Crippen LogP contribution in [0.3, 0.4) is 0 Å². The molecule has 1 aromatic rings. The maximum absolute atomic E-state index is 5.21. The second-order valence-corrected chi connectivity index (χ2v) is 5.77. The van der Waals surface area contributed by atoms with Crippen molar-refractivity contribution in [1.29, 1.82) is 0 Å². The van der Waals surface area contributed by atoms with Gasteiger partial charge in [-0.1, -0.05) is 6.92 Å². The van der Waals surface area contributed by atoms with Crippen molar-refractivity contribution < 1.29 is 4.74 Å². The van der Waals surface area contributed by atoms with Gasteiger partial charge >= 0.3 is 0 Å². The summed E-state index contributed by atoms with van der Waals surface area (Å²) in [6.45, 7) is 8.07. The number of imidazole rings is 1. The third-order valence-corrected chi connectivity index (χ3v) is 3.70. The molecule has 0 amide bonds. The van der Waals surface area contributed by atoms with E-state index in [9.17, 15) is 0 Å². The van der Waals surface area contributed by atoms with Crippen LogP contribution in [0.15, 0.2) is 6.20 Å².